The van der Waals surface area contributed by atoms with Crippen LogP contribution in [-0.4, -0.2) is 11.3 Å². The standard InChI is InChI=1S/C9H6BrNO/c10-8-2-1-3-9-7(8)4-6(5-12)11-9/h1-5,11H. The third kappa shape index (κ3) is 1.06. The van der Waals surface area contributed by atoms with E-state index in [1.165, 1.54) is 0 Å². The van der Waals surface area contributed by atoms with Crippen molar-refractivity contribution in [3.8, 4) is 0 Å². The number of rotatable bonds is 1. The Morgan fingerprint density at radius 2 is 2.25 bits per heavy atom. The Morgan fingerprint density at radius 3 is 2.92 bits per heavy atom. The molecule has 1 aromatic carbocycles. The predicted octanol–water partition coefficient (Wildman–Crippen LogP) is 2.74. The second-order valence-corrected chi connectivity index (χ2v) is 3.40. The number of H-pyrrole nitrogens is 1. The fraction of sp³-hybridized carbons (Fsp3) is 0. The van der Waals surface area contributed by atoms with Crippen molar-refractivity contribution in [2.45, 2.75) is 0 Å². The van der Waals surface area contributed by atoms with Gasteiger partial charge in [-0.15, -0.1) is 0 Å². The molecule has 0 radical (unpaired) electrons. The van der Waals surface area contributed by atoms with E-state index in [-0.39, 0.29) is 0 Å². The molecule has 1 aromatic heterocycles. The molecule has 0 aliphatic heterocycles. The summed E-state index contributed by atoms with van der Waals surface area (Å²) in [6.07, 6.45) is 0.812. The van der Waals surface area contributed by atoms with Gasteiger partial charge in [-0.1, -0.05) is 22.0 Å². The molecule has 0 fully saturated rings. The fourth-order valence-electron chi connectivity index (χ4n) is 1.20. The van der Waals surface area contributed by atoms with Gasteiger partial charge in [0.25, 0.3) is 0 Å². The van der Waals surface area contributed by atoms with Crippen LogP contribution in [0.3, 0.4) is 0 Å². The number of fused-ring (bicyclic) bond motifs is 1. The monoisotopic (exact) mass is 223 g/mol. The van der Waals surface area contributed by atoms with Gasteiger partial charge >= 0.3 is 0 Å². The molecule has 0 bridgehead atoms. The quantitative estimate of drug-likeness (QED) is 0.742. The first-order valence-corrected chi connectivity index (χ1v) is 4.33. The van der Waals surface area contributed by atoms with Crippen molar-refractivity contribution in [1.82, 2.24) is 4.98 Å². The van der Waals surface area contributed by atoms with Gasteiger partial charge in [-0.25, -0.2) is 0 Å². The zero-order chi connectivity index (χ0) is 8.55. The lowest BCUT2D eigenvalue weighted by Gasteiger charge is -1.90. The number of hydrogen-bond donors (Lipinski definition) is 1. The van der Waals surface area contributed by atoms with Gasteiger partial charge in [0.2, 0.25) is 0 Å². The third-order valence-corrected chi connectivity index (χ3v) is 2.45. The SMILES string of the molecule is O=Cc1cc2c(Br)cccc2[nH]1. The highest BCUT2D eigenvalue weighted by Gasteiger charge is 2.01. The van der Waals surface area contributed by atoms with Crippen LogP contribution in [0, 0.1) is 0 Å². The number of aldehydes is 1. The van der Waals surface area contributed by atoms with Gasteiger partial charge in [0.05, 0.1) is 5.69 Å². The van der Waals surface area contributed by atoms with Crippen molar-refractivity contribution >= 4 is 33.1 Å². The zero-order valence-corrected chi connectivity index (χ0v) is 7.76. The predicted molar refractivity (Wildman–Crippen MR) is 51.4 cm³/mol. The first-order chi connectivity index (χ1) is 5.81. The van der Waals surface area contributed by atoms with Crippen molar-refractivity contribution < 1.29 is 4.79 Å². The maximum absolute atomic E-state index is 10.4. The Morgan fingerprint density at radius 1 is 1.42 bits per heavy atom. The fourth-order valence-corrected chi connectivity index (χ4v) is 1.68. The molecule has 60 valence electrons. The van der Waals surface area contributed by atoms with E-state index in [0.717, 1.165) is 21.7 Å². The molecule has 0 saturated carbocycles. The maximum atomic E-state index is 10.4. The van der Waals surface area contributed by atoms with Crippen LogP contribution in [0.15, 0.2) is 28.7 Å². The van der Waals surface area contributed by atoms with Gasteiger partial charge in [-0.2, -0.15) is 0 Å². The Bertz CT molecular complexity index is 433. The van der Waals surface area contributed by atoms with E-state index in [9.17, 15) is 4.79 Å². The van der Waals surface area contributed by atoms with Crippen molar-refractivity contribution in [1.29, 1.82) is 0 Å². The van der Waals surface area contributed by atoms with E-state index < -0.39 is 0 Å². The lowest BCUT2D eigenvalue weighted by Crippen LogP contribution is -1.74. The second kappa shape index (κ2) is 2.75. The van der Waals surface area contributed by atoms with Gasteiger partial charge in [0.1, 0.15) is 0 Å². The van der Waals surface area contributed by atoms with Gasteiger partial charge in [0.15, 0.2) is 6.29 Å². The number of benzene rings is 1. The summed E-state index contributed by atoms with van der Waals surface area (Å²) in [5.41, 5.74) is 1.59. The number of halogens is 1. The minimum Gasteiger partial charge on any atom is -0.352 e. The molecule has 3 heteroatoms. The molecule has 0 aliphatic carbocycles. The van der Waals surface area contributed by atoms with E-state index in [0.29, 0.717) is 5.69 Å². The van der Waals surface area contributed by atoms with Crippen molar-refractivity contribution in [2.24, 2.45) is 0 Å². The summed E-state index contributed by atoms with van der Waals surface area (Å²) >= 11 is 3.40. The van der Waals surface area contributed by atoms with Crippen LogP contribution in [0.5, 0.6) is 0 Å². The topological polar surface area (TPSA) is 32.9 Å². The Labute approximate surface area is 77.7 Å². The summed E-state index contributed by atoms with van der Waals surface area (Å²) < 4.78 is 1.00. The molecule has 12 heavy (non-hydrogen) atoms. The van der Waals surface area contributed by atoms with Crippen molar-refractivity contribution in [3.05, 3.63) is 34.4 Å². The summed E-state index contributed by atoms with van der Waals surface area (Å²) in [5, 5.41) is 1.04. The van der Waals surface area contributed by atoms with Crippen LogP contribution < -0.4 is 0 Å². The van der Waals surface area contributed by atoms with Gasteiger partial charge < -0.3 is 4.98 Å². The smallest absolute Gasteiger partial charge is 0.166 e. The number of carbonyl (C=O) groups excluding carboxylic acids is 1. The summed E-state index contributed by atoms with van der Waals surface area (Å²) in [4.78, 5) is 13.4. The highest BCUT2D eigenvalue weighted by molar-refractivity contribution is 9.10. The van der Waals surface area contributed by atoms with Gasteiger partial charge in [-0.3, -0.25) is 4.79 Å². The number of aromatic amines is 1. The number of nitrogens with one attached hydrogen (secondary N) is 1. The summed E-state index contributed by atoms with van der Waals surface area (Å²) in [7, 11) is 0. The molecule has 1 N–H and O–H groups in total. The number of hydrogen-bond acceptors (Lipinski definition) is 1. The molecular weight excluding hydrogens is 218 g/mol. The van der Waals surface area contributed by atoms with Gasteiger partial charge in [0, 0.05) is 15.4 Å². The molecule has 1 heterocycles. The highest BCUT2D eigenvalue weighted by Crippen LogP contribution is 2.23. The van der Waals surface area contributed by atoms with Crippen LogP contribution >= 0.6 is 15.9 Å². The average molecular weight is 224 g/mol. The third-order valence-electron chi connectivity index (χ3n) is 1.76. The second-order valence-electron chi connectivity index (χ2n) is 2.54. The normalized spacial score (nSPS) is 10.4. The van der Waals surface area contributed by atoms with Crippen molar-refractivity contribution in [3.63, 3.8) is 0 Å². The highest BCUT2D eigenvalue weighted by atomic mass is 79.9. The lowest BCUT2D eigenvalue weighted by atomic mass is 10.2. The van der Waals surface area contributed by atoms with E-state index in [2.05, 4.69) is 20.9 Å². The Kier molecular flexibility index (Phi) is 1.73. The largest absolute Gasteiger partial charge is 0.352 e. The molecule has 2 rings (SSSR count). The summed E-state index contributed by atoms with van der Waals surface area (Å²) in [5.74, 6) is 0. The molecule has 0 spiro atoms. The molecule has 0 saturated heterocycles. The molecule has 2 nitrogen and oxygen atoms in total. The average Bonchev–Trinajstić information content (AvgIpc) is 2.49. The lowest BCUT2D eigenvalue weighted by molar-refractivity contribution is 0.112. The minimum absolute atomic E-state index is 0.608. The van der Waals surface area contributed by atoms with E-state index in [1.54, 1.807) is 0 Å². The minimum atomic E-state index is 0.608. The van der Waals surface area contributed by atoms with Crippen LogP contribution in [0.4, 0.5) is 0 Å². The number of aromatic nitrogens is 1. The van der Waals surface area contributed by atoms with Crippen LogP contribution in [0.2, 0.25) is 0 Å². The molecule has 0 aliphatic rings. The van der Waals surface area contributed by atoms with Crippen LogP contribution in [0.1, 0.15) is 10.5 Å². The van der Waals surface area contributed by atoms with E-state index >= 15 is 0 Å². The molecule has 0 atom stereocenters. The Hall–Kier alpha value is -1.09. The van der Waals surface area contributed by atoms with Crippen LogP contribution in [0.25, 0.3) is 10.9 Å². The first kappa shape index (κ1) is 7.55. The van der Waals surface area contributed by atoms with Crippen molar-refractivity contribution in [2.75, 3.05) is 0 Å². The first-order valence-electron chi connectivity index (χ1n) is 3.53. The molecule has 2 aromatic rings. The molecule has 0 unspecified atom stereocenters. The van der Waals surface area contributed by atoms with Gasteiger partial charge in [-0.05, 0) is 18.2 Å². The maximum Gasteiger partial charge on any atom is 0.166 e. The molecule has 0 amide bonds. The van der Waals surface area contributed by atoms with E-state index in [1.807, 2.05) is 24.3 Å². The Balaban J connectivity index is 2.82. The zero-order valence-electron chi connectivity index (χ0n) is 6.17. The van der Waals surface area contributed by atoms with E-state index in [4.69, 9.17) is 0 Å². The summed E-state index contributed by atoms with van der Waals surface area (Å²) in [6, 6.07) is 7.64. The number of carbonyl (C=O) groups is 1. The van der Waals surface area contributed by atoms with Crippen LogP contribution in [-0.2, 0) is 0 Å². The molecular formula is C9H6BrNO. The summed E-state index contributed by atoms with van der Waals surface area (Å²) in [6.45, 7) is 0.